The summed E-state index contributed by atoms with van der Waals surface area (Å²) in [7, 11) is 0. The number of amides is 4. The molecule has 3 aliphatic rings. The lowest BCUT2D eigenvalue weighted by Crippen LogP contribution is -2.61. The molecule has 2 unspecified atom stereocenters. The standard InChI is InChI=1S/C28H34F3N5O4/c1-25(2,3)20(35-24(40)28(29,30)31)22(38)36-13-16-18(26(16,4)5)19(36)21(37)33-14(12-32)11-27(6)15-9-7-8-10-17(15)34-23(27)39/h7-10,14,16,18-20H,11,13H2,1-6H3,(H,33,37)(H,34,39)(H,35,40)/t14?,16-,18+,19-,20+,27?/m0/s1. The van der Waals surface area contributed by atoms with Gasteiger partial charge in [-0.15, -0.1) is 0 Å². The smallest absolute Gasteiger partial charge is 0.339 e. The molecule has 0 radical (unpaired) electrons. The van der Waals surface area contributed by atoms with E-state index in [1.54, 1.807) is 31.2 Å². The van der Waals surface area contributed by atoms with Gasteiger partial charge in [-0.05, 0) is 47.6 Å². The first kappa shape index (κ1) is 29.4. The number of nitriles is 1. The van der Waals surface area contributed by atoms with Crippen molar-refractivity contribution >= 4 is 29.3 Å². The van der Waals surface area contributed by atoms with Crippen molar-refractivity contribution in [2.24, 2.45) is 22.7 Å². The third-order valence-corrected chi connectivity index (χ3v) is 8.76. The number of carbonyl (C=O) groups excluding carboxylic acids is 4. The van der Waals surface area contributed by atoms with E-state index in [1.807, 2.05) is 25.2 Å². The van der Waals surface area contributed by atoms with Crippen LogP contribution in [0.2, 0.25) is 0 Å². The van der Waals surface area contributed by atoms with Crippen molar-refractivity contribution in [3.8, 4) is 6.07 Å². The molecule has 216 valence electrons. The number of carbonyl (C=O) groups is 4. The summed E-state index contributed by atoms with van der Waals surface area (Å²) in [5.41, 5.74) is -1.15. The molecule has 9 nitrogen and oxygen atoms in total. The summed E-state index contributed by atoms with van der Waals surface area (Å²) in [6.45, 7) is 10.3. The van der Waals surface area contributed by atoms with Crippen molar-refractivity contribution in [3.63, 3.8) is 0 Å². The number of rotatable bonds is 6. The molecule has 0 spiro atoms. The van der Waals surface area contributed by atoms with E-state index in [1.165, 1.54) is 25.7 Å². The first-order valence-electron chi connectivity index (χ1n) is 13.1. The van der Waals surface area contributed by atoms with Gasteiger partial charge in [0.2, 0.25) is 17.7 Å². The quantitative estimate of drug-likeness (QED) is 0.492. The first-order valence-corrected chi connectivity index (χ1v) is 13.1. The Morgan fingerprint density at radius 1 is 1.15 bits per heavy atom. The number of hydrogen-bond donors (Lipinski definition) is 3. The second-order valence-electron chi connectivity index (χ2n) is 12.9. The lowest BCUT2D eigenvalue weighted by molar-refractivity contribution is -0.176. The Morgan fingerprint density at radius 2 is 1.77 bits per heavy atom. The Kier molecular flexibility index (Phi) is 6.97. The fourth-order valence-corrected chi connectivity index (χ4v) is 6.29. The SMILES string of the molecule is CC1(CC(C#N)NC(=O)[C@@H]2[C@H]3[C@H](CN2C(=O)[C@@H](NC(=O)C(F)(F)F)C(C)(C)C)C3(C)C)C(=O)Nc2ccccc21. The van der Waals surface area contributed by atoms with Crippen molar-refractivity contribution < 1.29 is 32.3 Å². The summed E-state index contributed by atoms with van der Waals surface area (Å²) in [5, 5.41) is 17.2. The summed E-state index contributed by atoms with van der Waals surface area (Å²) in [6.07, 6.45) is -5.21. The molecule has 0 bridgehead atoms. The lowest BCUT2D eigenvalue weighted by atomic mass is 9.78. The molecule has 1 aromatic rings. The highest BCUT2D eigenvalue weighted by molar-refractivity contribution is 6.06. The zero-order valence-electron chi connectivity index (χ0n) is 23.3. The van der Waals surface area contributed by atoms with Crippen molar-refractivity contribution in [1.82, 2.24) is 15.5 Å². The largest absolute Gasteiger partial charge is 0.471 e. The maximum atomic E-state index is 13.7. The highest BCUT2D eigenvalue weighted by Crippen LogP contribution is 2.65. The minimum absolute atomic E-state index is 0.0253. The number of alkyl halides is 3. The number of para-hydroxylation sites is 1. The monoisotopic (exact) mass is 561 g/mol. The highest BCUT2D eigenvalue weighted by atomic mass is 19.4. The molecule has 1 saturated heterocycles. The van der Waals surface area contributed by atoms with Crippen LogP contribution in [0.4, 0.5) is 18.9 Å². The van der Waals surface area contributed by atoms with Crippen molar-refractivity contribution in [1.29, 1.82) is 5.26 Å². The van der Waals surface area contributed by atoms with Gasteiger partial charge >= 0.3 is 12.1 Å². The Bertz CT molecular complexity index is 1300. The van der Waals surface area contributed by atoms with E-state index in [0.29, 0.717) is 11.3 Å². The molecule has 6 atom stereocenters. The van der Waals surface area contributed by atoms with Crippen LogP contribution in [-0.2, 0) is 24.6 Å². The summed E-state index contributed by atoms with van der Waals surface area (Å²) < 4.78 is 39.2. The number of benzene rings is 1. The summed E-state index contributed by atoms with van der Waals surface area (Å²) in [4.78, 5) is 53.2. The van der Waals surface area contributed by atoms with E-state index in [-0.39, 0.29) is 36.1 Å². The van der Waals surface area contributed by atoms with Crippen LogP contribution < -0.4 is 16.0 Å². The molecule has 1 saturated carbocycles. The van der Waals surface area contributed by atoms with Crippen molar-refractivity contribution in [2.75, 3.05) is 11.9 Å². The van der Waals surface area contributed by atoms with Gasteiger partial charge in [-0.2, -0.15) is 18.4 Å². The third kappa shape index (κ3) is 4.90. The third-order valence-electron chi connectivity index (χ3n) is 8.76. The second kappa shape index (κ2) is 9.49. The maximum absolute atomic E-state index is 13.7. The van der Waals surface area contributed by atoms with Crippen LogP contribution >= 0.6 is 0 Å². The number of fused-ring (bicyclic) bond motifs is 2. The number of nitrogens with one attached hydrogen (secondary N) is 3. The van der Waals surface area contributed by atoms with Crippen LogP contribution in [0.1, 0.15) is 53.5 Å². The minimum atomic E-state index is -5.18. The molecule has 3 N–H and O–H groups in total. The number of halogens is 3. The molecule has 2 heterocycles. The van der Waals surface area contributed by atoms with E-state index >= 15 is 0 Å². The van der Waals surface area contributed by atoms with Crippen LogP contribution in [0.3, 0.4) is 0 Å². The van der Waals surface area contributed by atoms with Crippen LogP contribution in [-0.4, -0.2) is 59.4 Å². The average Bonchev–Trinajstić information content (AvgIpc) is 3.12. The van der Waals surface area contributed by atoms with Crippen LogP contribution in [0.15, 0.2) is 24.3 Å². The Hall–Kier alpha value is -3.62. The lowest BCUT2D eigenvalue weighted by Gasteiger charge is -2.38. The summed E-state index contributed by atoms with van der Waals surface area (Å²) in [5.74, 6) is -4.31. The van der Waals surface area contributed by atoms with Crippen LogP contribution in [0, 0.1) is 34.0 Å². The summed E-state index contributed by atoms with van der Waals surface area (Å²) in [6, 6.07) is 5.45. The number of likely N-dealkylation sites (tertiary alicyclic amines) is 1. The normalized spacial score (nSPS) is 27.9. The van der Waals surface area contributed by atoms with Crippen molar-refractivity contribution in [3.05, 3.63) is 29.8 Å². The zero-order chi connectivity index (χ0) is 30.0. The molecule has 2 fully saturated rings. The fourth-order valence-electron chi connectivity index (χ4n) is 6.29. The molecular weight excluding hydrogens is 527 g/mol. The van der Waals surface area contributed by atoms with Crippen LogP contribution in [0.5, 0.6) is 0 Å². The van der Waals surface area contributed by atoms with E-state index in [0.717, 1.165) is 0 Å². The average molecular weight is 562 g/mol. The Balaban J connectivity index is 1.57. The van der Waals surface area contributed by atoms with Gasteiger partial charge in [0, 0.05) is 12.2 Å². The van der Waals surface area contributed by atoms with Gasteiger partial charge in [0.15, 0.2) is 0 Å². The van der Waals surface area contributed by atoms with Gasteiger partial charge in [0.1, 0.15) is 18.1 Å². The molecule has 12 heteroatoms. The highest BCUT2D eigenvalue weighted by Gasteiger charge is 2.70. The van der Waals surface area contributed by atoms with E-state index < -0.39 is 52.9 Å². The predicted octanol–water partition coefficient (Wildman–Crippen LogP) is 2.87. The molecular formula is C28H34F3N5O4. The molecule has 2 aliphatic heterocycles. The number of nitrogens with zero attached hydrogens (tertiary/aromatic N) is 2. The van der Waals surface area contributed by atoms with E-state index in [2.05, 4.69) is 10.6 Å². The number of piperidine rings is 1. The topological polar surface area (TPSA) is 131 Å². The van der Waals surface area contributed by atoms with Gasteiger partial charge in [-0.1, -0.05) is 52.8 Å². The molecule has 1 aliphatic carbocycles. The second-order valence-corrected chi connectivity index (χ2v) is 12.9. The Labute approximate surface area is 230 Å². The van der Waals surface area contributed by atoms with Crippen molar-refractivity contribution in [2.45, 2.75) is 77.7 Å². The van der Waals surface area contributed by atoms with E-state index in [9.17, 15) is 37.6 Å². The first-order chi connectivity index (χ1) is 18.3. The molecule has 1 aromatic carbocycles. The molecule has 40 heavy (non-hydrogen) atoms. The minimum Gasteiger partial charge on any atom is -0.339 e. The maximum Gasteiger partial charge on any atom is 0.471 e. The predicted molar refractivity (Wildman–Crippen MR) is 138 cm³/mol. The van der Waals surface area contributed by atoms with Gasteiger partial charge < -0.3 is 20.9 Å². The van der Waals surface area contributed by atoms with Crippen LogP contribution in [0.25, 0.3) is 0 Å². The summed E-state index contributed by atoms with van der Waals surface area (Å²) >= 11 is 0. The molecule has 0 aromatic heterocycles. The zero-order valence-corrected chi connectivity index (χ0v) is 23.3. The number of anilines is 1. The molecule has 4 rings (SSSR count). The Morgan fingerprint density at radius 3 is 2.35 bits per heavy atom. The fraction of sp³-hybridized carbons (Fsp3) is 0.607. The van der Waals surface area contributed by atoms with Gasteiger partial charge in [-0.3, -0.25) is 19.2 Å². The van der Waals surface area contributed by atoms with Gasteiger partial charge in [-0.25, -0.2) is 0 Å². The molecule has 4 amide bonds. The number of hydrogen-bond acceptors (Lipinski definition) is 5. The van der Waals surface area contributed by atoms with E-state index in [4.69, 9.17) is 0 Å². The van der Waals surface area contributed by atoms with Gasteiger partial charge in [0.05, 0.1) is 11.5 Å². The van der Waals surface area contributed by atoms with Gasteiger partial charge in [0.25, 0.3) is 0 Å².